The van der Waals surface area contributed by atoms with E-state index in [9.17, 15) is 9.59 Å². The molecule has 0 unspecified atom stereocenters. The average molecular weight is 551 g/mol. The van der Waals surface area contributed by atoms with E-state index < -0.39 is 0 Å². The van der Waals surface area contributed by atoms with Gasteiger partial charge in [-0.15, -0.1) is 0 Å². The zero-order valence-electron chi connectivity index (χ0n) is 20.2. The van der Waals surface area contributed by atoms with Crippen molar-refractivity contribution in [1.29, 1.82) is 0 Å². The number of anilines is 2. The molecule has 2 aliphatic rings. The monoisotopic (exact) mass is 550 g/mol. The minimum Gasteiger partial charge on any atom is -0.493 e. The summed E-state index contributed by atoms with van der Waals surface area (Å²) in [6, 6.07) is 19.0. The van der Waals surface area contributed by atoms with Crippen molar-refractivity contribution in [2.24, 2.45) is 0 Å². The molecule has 37 heavy (non-hydrogen) atoms. The number of hydrogen-bond acceptors (Lipinski definition) is 8. The predicted molar refractivity (Wildman–Crippen MR) is 150 cm³/mol. The van der Waals surface area contributed by atoms with E-state index in [0.717, 1.165) is 32.9 Å². The Morgan fingerprint density at radius 2 is 1.46 bits per heavy atom. The maximum Gasteiger partial charge on any atom is 0.266 e. The summed E-state index contributed by atoms with van der Waals surface area (Å²) in [4.78, 5) is 32.4. The molecule has 0 aromatic heterocycles. The number of para-hydroxylation sites is 2. The third kappa shape index (κ3) is 4.68. The number of fused-ring (bicyclic) bond motifs is 2. The highest BCUT2D eigenvalue weighted by Crippen LogP contribution is 2.48. The van der Waals surface area contributed by atoms with Gasteiger partial charge in [-0.2, -0.15) is 0 Å². The Morgan fingerprint density at radius 1 is 0.892 bits per heavy atom. The van der Waals surface area contributed by atoms with Crippen LogP contribution in [0.4, 0.5) is 11.4 Å². The van der Waals surface area contributed by atoms with Crippen molar-refractivity contribution in [2.75, 3.05) is 32.8 Å². The Morgan fingerprint density at radius 3 is 2.00 bits per heavy atom. The van der Waals surface area contributed by atoms with Gasteiger partial charge >= 0.3 is 0 Å². The molecule has 188 valence electrons. The minimum atomic E-state index is -0.329. The second kappa shape index (κ2) is 10.5. The van der Waals surface area contributed by atoms with Crippen molar-refractivity contribution in [3.8, 4) is 17.2 Å². The van der Waals surface area contributed by atoms with E-state index in [2.05, 4.69) is 0 Å². The fourth-order valence-corrected chi connectivity index (χ4v) is 6.46. The summed E-state index contributed by atoms with van der Waals surface area (Å²) in [5.74, 6) is 0.828. The van der Waals surface area contributed by atoms with Gasteiger partial charge in [0.1, 0.15) is 10.9 Å². The van der Waals surface area contributed by atoms with E-state index in [1.54, 1.807) is 34.9 Å². The molecule has 7 nitrogen and oxygen atoms in total. The number of benzene rings is 3. The van der Waals surface area contributed by atoms with E-state index >= 15 is 0 Å². The molecule has 0 atom stereocenters. The number of ether oxygens (including phenoxy) is 3. The molecule has 2 aliphatic heterocycles. The first-order valence-electron chi connectivity index (χ1n) is 11.2. The van der Waals surface area contributed by atoms with Gasteiger partial charge in [0, 0.05) is 9.79 Å². The van der Waals surface area contributed by atoms with Crippen LogP contribution in [0.5, 0.6) is 17.2 Å². The third-order valence-corrected chi connectivity index (χ3v) is 8.34. The van der Waals surface area contributed by atoms with Crippen LogP contribution in [0, 0.1) is 0 Å². The topological polar surface area (TPSA) is 68.3 Å². The van der Waals surface area contributed by atoms with E-state index in [0.29, 0.717) is 32.0 Å². The lowest BCUT2D eigenvalue weighted by atomic mass is 10.1. The zero-order valence-corrected chi connectivity index (χ0v) is 22.7. The van der Waals surface area contributed by atoms with Crippen molar-refractivity contribution in [3.63, 3.8) is 0 Å². The molecule has 2 amide bonds. The second-order valence-electron chi connectivity index (χ2n) is 7.99. The minimum absolute atomic E-state index is 0.176. The van der Waals surface area contributed by atoms with Gasteiger partial charge in [-0.3, -0.25) is 19.4 Å². The molecule has 2 heterocycles. The third-order valence-electron chi connectivity index (χ3n) is 5.83. The lowest BCUT2D eigenvalue weighted by Gasteiger charge is -2.32. The molecule has 0 saturated carbocycles. The highest BCUT2D eigenvalue weighted by Gasteiger charge is 2.36. The number of carbonyl (C=O) groups is 2. The number of methoxy groups -OCH3 is 3. The maximum atomic E-state index is 13.7. The lowest BCUT2D eigenvalue weighted by Crippen LogP contribution is -2.41. The number of nitrogens with zero attached hydrogens (tertiary/aromatic N) is 2. The number of carbonyl (C=O) groups excluding carboxylic acids is 2. The summed E-state index contributed by atoms with van der Waals surface area (Å²) < 4.78 is 16.5. The van der Waals surface area contributed by atoms with Crippen molar-refractivity contribution < 1.29 is 23.8 Å². The summed E-state index contributed by atoms with van der Waals surface area (Å²) in [5.41, 5.74) is 2.25. The van der Waals surface area contributed by atoms with Crippen molar-refractivity contribution in [3.05, 3.63) is 71.1 Å². The zero-order chi connectivity index (χ0) is 26.1. The van der Waals surface area contributed by atoms with Gasteiger partial charge in [0.15, 0.2) is 11.5 Å². The number of amides is 2. The van der Waals surface area contributed by atoms with Crippen molar-refractivity contribution in [1.82, 2.24) is 4.90 Å². The highest BCUT2D eigenvalue weighted by atomic mass is 32.2. The first-order valence-corrected chi connectivity index (χ1v) is 13.2. The second-order valence-corrected chi connectivity index (χ2v) is 10.8. The van der Waals surface area contributed by atoms with Gasteiger partial charge < -0.3 is 14.2 Å². The van der Waals surface area contributed by atoms with Crippen LogP contribution >= 0.6 is 35.7 Å². The molecule has 5 rings (SSSR count). The van der Waals surface area contributed by atoms with Crippen LogP contribution in [0.25, 0.3) is 6.08 Å². The summed E-state index contributed by atoms with van der Waals surface area (Å²) >= 11 is 8.28. The van der Waals surface area contributed by atoms with Crippen LogP contribution in [0.2, 0.25) is 0 Å². The Hall–Kier alpha value is -3.47. The van der Waals surface area contributed by atoms with Crippen LogP contribution in [-0.4, -0.2) is 48.9 Å². The molecule has 0 aliphatic carbocycles. The molecular formula is C27H22N2O5S3. The maximum absolute atomic E-state index is 13.7. The molecule has 1 saturated heterocycles. The molecule has 0 spiro atoms. The molecular weight excluding hydrogens is 529 g/mol. The number of thiocarbonyl (C=S) groups is 1. The predicted octanol–water partition coefficient (Wildman–Crippen LogP) is 5.74. The molecule has 0 bridgehead atoms. The quantitative estimate of drug-likeness (QED) is 0.284. The largest absolute Gasteiger partial charge is 0.493 e. The smallest absolute Gasteiger partial charge is 0.266 e. The number of rotatable bonds is 6. The van der Waals surface area contributed by atoms with Crippen LogP contribution in [0.3, 0.4) is 0 Å². The first-order chi connectivity index (χ1) is 17.9. The molecule has 3 aromatic rings. The van der Waals surface area contributed by atoms with Gasteiger partial charge in [0.05, 0.1) is 37.6 Å². The summed E-state index contributed by atoms with van der Waals surface area (Å²) in [7, 11) is 4.59. The van der Waals surface area contributed by atoms with E-state index in [1.165, 1.54) is 26.2 Å². The molecule has 0 N–H and O–H groups in total. The van der Waals surface area contributed by atoms with Crippen molar-refractivity contribution in [2.45, 2.75) is 9.79 Å². The highest BCUT2D eigenvalue weighted by molar-refractivity contribution is 8.26. The lowest BCUT2D eigenvalue weighted by molar-refractivity contribution is -0.127. The fraction of sp³-hybridized carbons (Fsp3) is 0.148. The van der Waals surface area contributed by atoms with Crippen LogP contribution in [0.15, 0.2) is 75.4 Å². The fourth-order valence-electron chi connectivity index (χ4n) is 4.15. The van der Waals surface area contributed by atoms with E-state index in [1.807, 2.05) is 48.5 Å². The van der Waals surface area contributed by atoms with E-state index in [4.69, 9.17) is 26.4 Å². The molecule has 10 heteroatoms. The van der Waals surface area contributed by atoms with Crippen LogP contribution in [0.1, 0.15) is 5.56 Å². The molecule has 0 radical (unpaired) electrons. The van der Waals surface area contributed by atoms with Gasteiger partial charge in [-0.25, -0.2) is 0 Å². The molecule has 1 fully saturated rings. The average Bonchev–Trinajstić information content (AvgIpc) is 3.17. The number of thioether (sulfide) groups is 1. The standard InChI is InChI=1S/C27H22N2O5S3/c1-32-19-12-16(13-20(33-2)25(19)34-3)14-23-26(31)28(27(35)37-23)15-24(30)29-17-8-4-6-10-21(17)36-22-11-7-5-9-18(22)29/h4-14H,15H2,1-3H3/b23-14-. The van der Waals surface area contributed by atoms with Crippen LogP contribution < -0.4 is 19.1 Å². The van der Waals surface area contributed by atoms with Gasteiger partial charge in [0.2, 0.25) is 5.75 Å². The Labute approximate surface area is 228 Å². The Kier molecular flexibility index (Phi) is 7.14. The Balaban J connectivity index is 1.43. The summed E-state index contributed by atoms with van der Waals surface area (Å²) in [6.07, 6.45) is 1.70. The first kappa shape index (κ1) is 25.2. The van der Waals surface area contributed by atoms with E-state index in [-0.39, 0.29) is 18.4 Å². The van der Waals surface area contributed by atoms with Crippen LogP contribution in [-0.2, 0) is 9.59 Å². The Bertz CT molecular complexity index is 1380. The summed E-state index contributed by atoms with van der Waals surface area (Å²) in [5, 5.41) is 0. The number of hydrogen-bond donors (Lipinski definition) is 0. The normalized spacial score (nSPS) is 15.5. The summed E-state index contributed by atoms with van der Waals surface area (Å²) in [6.45, 7) is -0.176. The molecule has 3 aromatic carbocycles. The van der Waals surface area contributed by atoms with Gasteiger partial charge in [0.25, 0.3) is 11.8 Å². The van der Waals surface area contributed by atoms with Gasteiger partial charge in [-0.05, 0) is 48.0 Å². The van der Waals surface area contributed by atoms with Gasteiger partial charge in [-0.1, -0.05) is 60.0 Å². The SMILES string of the molecule is COc1cc(/C=C2\SC(=S)N(CC(=O)N3c4ccccc4Sc4ccccc43)C2=O)cc(OC)c1OC. The van der Waals surface area contributed by atoms with Crippen molar-refractivity contribution >= 4 is 69.3 Å².